The van der Waals surface area contributed by atoms with Crippen LogP contribution in [-0.2, 0) is 22.9 Å². The number of hydrogen-bond donors (Lipinski definition) is 1. The van der Waals surface area contributed by atoms with Crippen molar-refractivity contribution in [2.75, 3.05) is 46.2 Å². The Kier molecular flexibility index (Phi) is 11.4. The maximum Gasteiger partial charge on any atom is 0.500 e. The van der Waals surface area contributed by atoms with Crippen LogP contribution in [0.4, 0.5) is 4.79 Å². The molecule has 32 heavy (non-hydrogen) atoms. The van der Waals surface area contributed by atoms with Crippen molar-refractivity contribution < 1.29 is 37.3 Å². The van der Waals surface area contributed by atoms with Gasteiger partial charge in [0, 0.05) is 37.8 Å². The van der Waals surface area contributed by atoms with Crippen molar-refractivity contribution in [1.29, 1.82) is 0 Å². The summed E-state index contributed by atoms with van der Waals surface area (Å²) >= 11 is 0. The Balaban J connectivity index is 1.68. The van der Waals surface area contributed by atoms with E-state index < -0.39 is 14.9 Å². The standard InChI is InChI=1S/C22H37NO8Si/c1-5-22(16-25-17-22)18-26-31-20-12-10-19(11-13-20)30-21(24)23-14-9-15-32(27-6-2,28-7-3)29-8-4/h10-13H,5-9,14-18H2,1-4H3,(H,23,24). The average molecular weight is 472 g/mol. The van der Waals surface area contributed by atoms with Gasteiger partial charge in [-0.2, -0.15) is 4.89 Å². The third-order valence-corrected chi connectivity index (χ3v) is 8.29. The number of amides is 1. The highest BCUT2D eigenvalue weighted by molar-refractivity contribution is 6.60. The molecule has 0 aromatic heterocycles. The van der Waals surface area contributed by atoms with Crippen molar-refractivity contribution in [2.24, 2.45) is 5.41 Å². The first-order valence-corrected chi connectivity index (χ1v) is 13.3. The molecule has 1 N–H and O–H groups in total. The second kappa shape index (κ2) is 13.8. The van der Waals surface area contributed by atoms with E-state index in [4.69, 9.17) is 32.5 Å². The Morgan fingerprint density at radius 2 is 1.59 bits per heavy atom. The van der Waals surface area contributed by atoms with Gasteiger partial charge in [0.2, 0.25) is 0 Å². The van der Waals surface area contributed by atoms with Gasteiger partial charge in [0.15, 0.2) is 5.75 Å². The summed E-state index contributed by atoms with van der Waals surface area (Å²) in [5.41, 5.74) is 0.0529. The van der Waals surface area contributed by atoms with E-state index in [1.807, 2.05) is 20.8 Å². The van der Waals surface area contributed by atoms with Gasteiger partial charge in [-0.05, 0) is 57.9 Å². The molecule has 0 saturated carbocycles. The first-order valence-electron chi connectivity index (χ1n) is 11.3. The number of benzene rings is 1. The van der Waals surface area contributed by atoms with E-state index in [1.54, 1.807) is 24.3 Å². The fourth-order valence-electron chi connectivity index (χ4n) is 3.21. The molecule has 0 spiro atoms. The Morgan fingerprint density at radius 3 is 2.09 bits per heavy atom. The highest BCUT2D eigenvalue weighted by atomic mass is 28.4. The van der Waals surface area contributed by atoms with Crippen molar-refractivity contribution in [1.82, 2.24) is 5.32 Å². The van der Waals surface area contributed by atoms with Crippen molar-refractivity contribution in [3.05, 3.63) is 24.3 Å². The minimum atomic E-state index is -2.70. The van der Waals surface area contributed by atoms with Crippen LogP contribution in [0.15, 0.2) is 24.3 Å². The van der Waals surface area contributed by atoms with E-state index >= 15 is 0 Å². The van der Waals surface area contributed by atoms with Gasteiger partial charge in [-0.1, -0.05) is 6.92 Å². The highest BCUT2D eigenvalue weighted by Crippen LogP contribution is 2.31. The third kappa shape index (κ3) is 8.34. The molecule has 2 rings (SSSR count). The summed E-state index contributed by atoms with van der Waals surface area (Å²) in [6.07, 6.45) is 1.11. The predicted molar refractivity (Wildman–Crippen MR) is 121 cm³/mol. The molecule has 182 valence electrons. The molecule has 1 amide bonds. The average Bonchev–Trinajstić information content (AvgIpc) is 2.75. The van der Waals surface area contributed by atoms with Gasteiger partial charge in [0.25, 0.3) is 0 Å². The highest BCUT2D eigenvalue weighted by Gasteiger charge is 2.39. The van der Waals surface area contributed by atoms with Crippen molar-refractivity contribution in [2.45, 2.75) is 46.6 Å². The smallest absolute Gasteiger partial charge is 0.410 e. The summed E-state index contributed by atoms with van der Waals surface area (Å²) < 4.78 is 28.0. The number of hydrogen-bond acceptors (Lipinski definition) is 8. The Morgan fingerprint density at radius 1 is 1.00 bits per heavy atom. The summed E-state index contributed by atoms with van der Waals surface area (Å²) in [5.74, 6) is 0.947. The number of carbonyl (C=O) groups is 1. The summed E-state index contributed by atoms with van der Waals surface area (Å²) in [5, 5.41) is 2.74. The van der Waals surface area contributed by atoms with Crippen LogP contribution in [0, 0.1) is 5.41 Å². The Labute approximate surface area is 191 Å². The number of ether oxygens (including phenoxy) is 2. The zero-order valence-electron chi connectivity index (χ0n) is 19.6. The maximum absolute atomic E-state index is 12.1. The molecule has 9 nitrogen and oxygen atoms in total. The lowest BCUT2D eigenvalue weighted by atomic mass is 9.84. The molecule has 0 aliphatic carbocycles. The zero-order valence-corrected chi connectivity index (χ0v) is 20.6. The molecule has 0 unspecified atom stereocenters. The van der Waals surface area contributed by atoms with Crippen LogP contribution in [0.25, 0.3) is 0 Å². The molecule has 1 fully saturated rings. The van der Waals surface area contributed by atoms with E-state index in [1.165, 1.54) is 0 Å². The monoisotopic (exact) mass is 471 g/mol. The molecule has 1 aliphatic heterocycles. The van der Waals surface area contributed by atoms with Crippen LogP contribution < -0.4 is 14.9 Å². The summed E-state index contributed by atoms with van der Waals surface area (Å²) in [6, 6.07) is 7.30. The van der Waals surface area contributed by atoms with Crippen molar-refractivity contribution >= 4 is 14.9 Å². The Hall–Kier alpha value is -1.69. The normalized spacial score (nSPS) is 15.1. The lowest BCUT2D eigenvalue weighted by Crippen LogP contribution is -2.46. The molecule has 1 saturated heterocycles. The van der Waals surface area contributed by atoms with Crippen LogP contribution in [0.2, 0.25) is 6.04 Å². The van der Waals surface area contributed by atoms with Crippen LogP contribution in [0.3, 0.4) is 0 Å². The molecule has 1 aliphatic rings. The summed E-state index contributed by atoms with van der Waals surface area (Å²) in [4.78, 5) is 22.8. The zero-order chi connectivity index (χ0) is 23.3. The van der Waals surface area contributed by atoms with Gasteiger partial charge in [-0.3, -0.25) is 0 Å². The van der Waals surface area contributed by atoms with Crippen LogP contribution in [0.5, 0.6) is 11.5 Å². The fraction of sp³-hybridized carbons (Fsp3) is 0.682. The molecule has 1 heterocycles. The molecular weight excluding hydrogens is 434 g/mol. The minimum absolute atomic E-state index is 0.0529. The molecule has 0 bridgehead atoms. The van der Waals surface area contributed by atoms with E-state index in [0.29, 0.717) is 70.1 Å². The predicted octanol–water partition coefficient (Wildman–Crippen LogP) is 3.95. The lowest BCUT2D eigenvalue weighted by Gasteiger charge is -2.39. The largest absolute Gasteiger partial charge is 0.500 e. The quantitative estimate of drug-likeness (QED) is 0.168. The van der Waals surface area contributed by atoms with Gasteiger partial charge < -0.3 is 33.0 Å². The van der Waals surface area contributed by atoms with Gasteiger partial charge in [0.05, 0.1) is 13.2 Å². The number of carbonyl (C=O) groups excluding carboxylic acids is 1. The minimum Gasteiger partial charge on any atom is -0.410 e. The first-order chi connectivity index (χ1) is 15.5. The topological polar surface area (TPSA) is 93.7 Å². The summed E-state index contributed by atoms with van der Waals surface area (Å²) in [7, 11) is -2.70. The number of nitrogens with one attached hydrogen (secondary N) is 1. The fourth-order valence-corrected chi connectivity index (χ4v) is 5.82. The molecule has 1 aromatic carbocycles. The Bertz CT molecular complexity index is 646. The SMILES string of the molecule is CCO[Si](CCCNC(=O)Oc1ccc(OOCC2(CC)COC2)cc1)(OCC)OCC. The first kappa shape index (κ1) is 26.6. The summed E-state index contributed by atoms with van der Waals surface area (Å²) in [6.45, 7) is 11.7. The van der Waals surface area contributed by atoms with Gasteiger partial charge in [-0.15, -0.1) is 0 Å². The molecule has 1 aromatic rings. The van der Waals surface area contributed by atoms with Crippen LogP contribution in [0.1, 0.15) is 40.5 Å². The third-order valence-electron chi connectivity index (χ3n) is 5.14. The molecule has 10 heteroatoms. The van der Waals surface area contributed by atoms with Crippen LogP contribution in [-0.4, -0.2) is 61.1 Å². The lowest BCUT2D eigenvalue weighted by molar-refractivity contribution is -0.264. The maximum atomic E-state index is 12.1. The second-order valence-corrected chi connectivity index (χ2v) is 10.3. The van der Waals surface area contributed by atoms with E-state index in [9.17, 15) is 4.79 Å². The number of rotatable bonds is 16. The van der Waals surface area contributed by atoms with E-state index in [-0.39, 0.29) is 5.41 Å². The molecule has 0 radical (unpaired) electrons. The van der Waals surface area contributed by atoms with Gasteiger partial charge >= 0.3 is 14.9 Å². The van der Waals surface area contributed by atoms with Gasteiger partial charge in [-0.25, -0.2) is 4.79 Å². The van der Waals surface area contributed by atoms with Crippen molar-refractivity contribution in [3.8, 4) is 11.5 Å². The van der Waals surface area contributed by atoms with Crippen molar-refractivity contribution in [3.63, 3.8) is 0 Å². The van der Waals surface area contributed by atoms with E-state index in [0.717, 1.165) is 6.42 Å². The van der Waals surface area contributed by atoms with Gasteiger partial charge in [0.1, 0.15) is 12.4 Å². The second-order valence-electron chi connectivity index (χ2n) is 7.57. The van der Waals surface area contributed by atoms with Crippen LogP contribution >= 0.6 is 0 Å². The van der Waals surface area contributed by atoms with E-state index in [2.05, 4.69) is 12.2 Å². The molecule has 0 atom stereocenters. The molecular formula is C22H37NO8Si.